The van der Waals surface area contributed by atoms with Crippen LogP contribution < -0.4 is 5.73 Å². The predicted octanol–water partition coefficient (Wildman–Crippen LogP) is 2.05. The van der Waals surface area contributed by atoms with Crippen LogP contribution in [0.25, 0.3) is 0 Å². The summed E-state index contributed by atoms with van der Waals surface area (Å²) in [6, 6.07) is 11.8. The first-order chi connectivity index (χ1) is 13.4. The van der Waals surface area contributed by atoms with E-state index in [-0.39, 0.29) is 30.3 Å². The fraction of sp³-hybridized carbons (Fsp3) is 0.524. The first-order valence-electron chi connectivity index (χ1n) is 9.93. The number of hydrogen-bond donors (Lipinski definition) is 2. The van der Waals surface area contributed by atoms with Crippen LogP contribution in [-0.4, -0.2) is 50.5 Å². The van der Waals surface area contributed by atoms with Gasteiger partial charge in [-0.15, -0.1) is 0 Å². The van der Waals surface area contributed by atoms with Crippen LogP contribution in [0.15, 0.2) is 36.4 Å². The smallest absolute Gasteiger partial charge is 0.244 e. The van der Waals surface area contributed by atoms with E-state index >= 15 is 0 Å². The normalized spacial score (nSPS) is 24.4. The molecule has 2 saturated heterocycles. The molecule has 7 nitrogen and oxygen atoms in total. The molecule has 7 heteroatoms. The van der Waals surface area contributed by atoms with Crippen LogP contribution in [-0.2, 0) is 16.1 Å². The molecular formula is C21H28N4O3. The Balaban J connectivity index is 1.39. The molecule has 150 valence electrons. The summed E-state index contributed by atoms with van der Waals surface area (Å²) in [4.78, 5) is 14.5. The van der Waals surface area contributed by atoms with Crippen LogP contribution in [0.5, 0.6) is 0 Å². The molecule has 1 spiro atoms. The van der Waals surface area contributed by atoms with Gasteiger partial charge in [0.2, 0.25) is 5.91 Å². The Morgan fingerprint density at radius 3 is 2.68 bits per heavy atom. The number of benzene rings is 1. The van der Waals surface area contributed by atoms with E-state index in [0.29, 0.717) is 31.7 Å². The number of aliphatic hydroxyl groups excluding tert-OH is 1. The average Bonchev–Trinajstić information content (AvgIpc) is 2.99. The molecule has 2 atom stereocenters. The standard InChI is InChI=1S/C21H28N4O3/c1-15-11-19(22)25(23-15)14-20(27)24-9-7-21(8-10-24)13-17(26)12-18(28-21)16-5-3-2-4-6-16/h2-6,11,17-18,26H,7-10,12-14,22H2,1H3/t17-,18-/m1/s1. The van der Waals surface area contributed by atoms with Crippen molar-refractivity contribution in [2.45, 2.75) is 57.0 Å². The van der Waals surface area contributed by atoms with E-state index in [2.05, 4.69) is 5.10 Å². The van der Waals surface area contributed by atoms with Crippen molar-refractivity contribution in [3.05, 3.63) is 47.7 Å². The predicted molar refractivity (Wildman–Crippen MR) is 105 cm³/mol. The monoisotopic (exact) mass is 384 g/mol. The number of nitrogens with two attached hydrogens (primary N) is 1. The van der Waals surface area contributed by atoms with E-state index in [9.17, 15) is 9.90 Å². The van der Waals surface area contributed by atoms with Gasteiger partial charge >= 0.3 is 0 Å². The number of anilines is 1. The van der Waals surface area contributed by atoms with Crippen molar-refractivity contribution in [1.82, 2.24) is 14.7 Å². The summed E-state index contributed by atoms with van der Waals surface area (Å²) in [5, 5.41) is 14.7. The van der Waals surface area contributed by atoms with Crippen molar-refractivity contribution in [3.63, 3.8) is 0 Å². The van der Waals surface area contributed by atoms with Crippen LogP contribution in [0.1, 0.15) is 43.0 Å². The molecule has 1 amide bonds. The van der Waals surface area contributed by atoms with Gasteiger partial charge in [-0.2, -0.15) is 5.10 Å². The lowest BCUT2D eigenvalue weighted by Crippen LogP contribution is -2.52. The summed E-state index contributed by atoms with van der Waals surface area (Å²) in [7, 11) is 0. The quantitative estimate of drug-likeness (QED) is 0.845. The molecule has 0 radical (unpaired) electrons. The van der Waals surface area contributed by atoms with Gasteiger partial charge in [-0.3, -0.25) is 4.79 Å². The lowest BCUT2D eigenvalue weighted by atomic mass is 9.81. The van der Waals surface area contributed by atoms with Crippen molar-refractivity contribution in [2.75, 3.05) is 18.8 Å². The molecule has 0 aliphatic carbocycles. The van der Waals surface area contributed by atoms with Crippen molar-refractivity contribution < 1.29 is 14.6 Å². The highest BCUT2D eigenvalue weighted by molar-refractivity contribution is 5.76. The number of rotatable bonds is 3. The summed E-state index contributed by atoms with van der Waals surface area (Å²) in [5.41, 5.74) is 7.44. The summed E-state index contributed by atoms with van der Waals surface area (Å²) in [5.74, 6) is 0.518. The maximum atomic E-state index is 12.7. The fourth-order valence-electron chi connectivity index (χ4n) is 4.44. The largest absolute Gasteiger partial charge is 0.393 e. The van der Waals surface area contributed by atoms with Crippen LogP contribution in [0.3, 0.4) is 0 Å². The highest BCUT2D eigenvalue weighted by atomic mass is 16.5. The molecule has 0 bridgehead atoms. The topological polar surface area (TPSA) is 93.6 Å². The minimum absolute atomic E-state index is 0.0145. The van der Waals surface area contributed by atoms with E-state index < -0.39 is 0 Å². The van der Waals surface area contributed by atoms with Gasteiger partial charge in [0.1, 0.15) is 12.4 Å². The molecule has 4 rings (SSSR count). The van der Waals surface area contributed by atoms with Crippen molar-refractivity contribution in [3.8, 4) is 0 Å². The lowest BCUT2D eigenvalue weighted by molar-refractivity contribution is -0.186. The summed E-state index contributed by atoms with van der Waals surface area (Å²) >= 11 is 0. The maximum Gasteiger partial charge on any atom is 0.244 e. The van der Waals surface area contributed by atoms with E-state index in [1.165, 1.54) is 0 Å². The maximum absolute atomic E-state index is 12.7. The van der Waals surface area contributed by atoms with Crippen molar-refractivity contribution in [2.24, 2.45) is 0 Å². The highest BCUT2D eigenvalue weighted by Gasteiger charge is 2.44. The molecule has 2 aromatic rings. The number of ether oxygens (including phenoxy) is 1. The molecule has 0 saturated carbocycles. The minimum atomic E-state index is -0.381. The Bertz CT molecular complexity index is 827. The van der Waals surface area contributed by atoms with E-state index in [4.69, 9.17) is 10.5 Å². The van der Waals surface area contributed by atoms with Gasteiger partial charge in [0.15, 0.2) is 0 Å². The minimum Gasteiger partial charge on any atom is -0.393 e. The number of aromatic nitrogens is 2. The summed E-state index contributed by atoms with van der Waals surface area (Å²) in [6.45, 7) is 3.25. The number of piperidine rings is 1. The molecule has 0 unspecified atom stereocenters. The Labute approximate surface area is 165 Å². The molecule has 3 heterocycles. The van der Waals surface area contributed by atoms with Crippen LogP contribution >= 0.6 is 0 Å². The lowest BCUT2D eigenvalue weighted by Gasteiger charge is -2.48. The van der Waals surface area contributed by atoms with E-state index in [1.807, 2.05) is 42.2 Å². The molecule has 1 aromatic heterocycles. The molecule has 2 aliphatic heterocycles. The third kappa shape index (κ3) is 3.91. The summed E-state index contributed by atoms with van der Waals surface area (Å²) in [6.07, 6.45) is 2.22. The Kier molecular flexibility index (Phi) is 5.12. The van der Waals surface area contributed by atoms with Crippen molar-refractivity contribution >= 4 is 11.7 Å². The van der Waals surface area contributed by atoms with Crippen LogP contribution in [0.2, 0.25) is 0 Å². The number of hydrogen-bond acceptors (Lipinski definition) is 5. The first kappa shape index (κ1) is 19.0. The number of nitrogens with zero attached hydrogens (tertiary/aromatic N) is 3. The zero-order valence-corrected chi connectivity index (χ0v) is 16.3. The van der Waals surface area contributed by atoms with Gasteiger partial charge in [-0.1, -0.05) is 30.3 Å². The zero-order chi connectivity index (χ0) is 19.7. The number of aliphatic hydroxyl groups is 1. The zero-order valence-electron chi connectivity index (χ0n) is 16.3. The molecule has 1 aromatic carbocycles. The number of carbonyl (C=O) groups is 1. The molecule has 2 aliphatic rings. The van der Waals surface area contributed by atoms with Gasteiger partial charge in [0.25, 0.3) is 0 Å². The SMILES string of the molecule is Cc1cc(N)n(CC(=O)N2CCC3(CC2)C[C@H](O)C[C@H](c2ccccc2)O3)n1. The molecule has 28 heavy (non-hydrogen) atoms. The average molecular weight is 384 g/mol. The van der Waals surface area contributed by atoms with Gasteiger partial charge in [0, 0.05) is 32.0 Å². The summed E-state index contributed by atoms with van der Waals surface area (Å²) < 4.78 is 8.05. The second-order valence-corrected chi connectivity index (χ2v) is 8.04. The van der Waals surface area contributed by atoms with Crippen LogP contribution in [0, 0.1) is 6.92 Å². The van der Waals surface area contributed by atoms with Gasteiger partial charge in [0.05, 0.1) is 23.5 Å². The second-order valence-electron chi connectivity index (χ2n) is 8.04. The number of carbonyl (C=O) groups excluding carboxylic acids is 1. The fourth-order valence-corrected chi connectivity index (χ4v) is 4.44. The number of amides is 1. The number of likely N-dealkylation sites (tertiary alicyclic amines) is 1. The third-order valence-electron chi connectivity index (χ3n) is 5.90. The van der Waals surface area contributed by atoms with Gasteiger partial charge in [-0.05, 0) is 25.3 Å². The Hall–Kier alpha value is -2.38. The number of nitrogen functional groups attached to an aromatic ring is 1. The number of aryl methyl sites for hydroxylation is 1. The molecular weight excluding hydrogens is 356 g/mol. The third-order valence-corrected chi connectivity index (χ3v) is 5.90. The highest BCUT2D eigenvalue weighted by Crippen LogP contribution is 2.42. The van der Waals surface area contributed by atoms with Gasteiger partial charge in [-0.25, -0.2) is 4.68 Å². The van der Waals surface area contributed by atoms with Crippen molar-refractivity contribution in [1.29, 1.82) is 0 Å². The second kappa shape index (κ2) is 7.56. The molecule has 3 N–H and O–H groups in total. The van der Waals surface area contributed by atoms with Crippen LogP contribution in [0.4, 0.5) is 5.82 Å². The van der Waals surface area contributed by atoms with E-state index in [0.717, 1.165) is 24.1 Å². The van der Waals surface area contributed by atoms with E-state index in [1.54, 1.807) is 10.7 Å². The Morgan fingerprint density at radius 1 is 1.32 bits per heavy atom. The first-order valence-corrected chi connectivity index (χ1v) is 9.93. The molecule has 2 fully saturated rings. The van der Waals surface area contributed by atoms with Gasteiger partial charge < -0.3 is 20.5 Å². The Morgan fingerprint density at radius 2 is 2.04 bits per heavy atom.